The Morgan fingerprint density at radius 1 is 1.36 bits per heavy atom. The van der Waals surface area contributed by atoms with Crippen LogP contribution in [0.15, 0.2) is 24.7 Å². The van der Waals surface area contributed by atoms with Crippen LogP contribution in [0.25, 0.3) is 5.69 Å². The molecule has 0 aromatic carbocycles. The Balaban J connectivity index is 2.66. The number of aromatic amines is 1. The zero-order chi connectivity index (χ0) is 10.1. The summed E-state index contributed by atoms with van der Waals surface area (Å²) in [6.07, 6.45) is 5.53. The third-order valence-corrected chi connectivity index (χ3v) is 2.38. The fraction of sp³-hybridized carbons (Fsp3) is 0.200. The SMILES string of the molecule is Cc1cncc(-n2c(C)c[nH]c2=S)c1. The van der Waals surface area contributed by atoms with Crippen molar-refractivity contribution in [1.29, 1.82) is 0 Å². The third-order valence-electron chi connectivity index (χ3n) is 2.08. The quantitative estimate of drug-likeness (QED) is 0.726. The van der Waals surface area contributed by atoms with Crippen LogP contribution in [0.3, 0.4) is 0 Å². The standard InChI is InChI=1S/C10H11N3S/c1-7-3-9(6-11-4-7)13-8(2)5-12-10(13)14/h3-6H,1-2H3,(H,12,14). The molecule has 2 aromatic heterocycles. The van der Waals surface area contributed by atoms with Crippen molar-refractivity contribution in [2.75, 3.05) is 0 Å². The van der Waals surface area contributed by atoms with Gasteiger partial charge in [-0.05, 0) is 37.7 Å². The van der Waals surface area contributed by atoms with Crippen LogP contribution in [0.5, 0.6) is 0 Å². The highest BCUT2D eigenvalue weighted by Crippen LogP contribution is 2.11. The Morgan fingerprint density at radius 2 is 2.14 bits per heavy atom. The zero-order valence-corrected chi connectivity index (χ0v) is 8.93. The zero-order valence-electron chi connectivity index (χ0n) is 8.11. The van der Waals surface area contributed by atoms with E-state index in [9.17, 15) is 0 Å². The largest absolute Gasteiger partial charge is 0.337 e. The molecule has 0 spiro atoms. The number of aromatic nitrogens is 3. The second-order valence-electron chi connectivity index (χ2n) is 3.29. The molecule has 0 fully saturated rings. The maximum atomic E-state index is 5.18. The molecule has 14 heavy (non-hydrogen) atoms. The average Bonchev–Trinajstić information content (AvgIpc) is 2.46. The Hall–Kier alpha value is -1.42. The highest BCUT2D eigenvalue weighted by molar-refractivity contribution is 7.71. The van der Waals surface area contributed by atoms with Crippen molar-refractivity contribution in [1.82, 2.24) is 14.5 Å². The molecule has 0 amide bonds. The van der Waals surface area contributed by atoms with E-state index >= 15 is 0 Å². The maximum Gasteiger partial charge on any atom is 0.182 e. The molecule has 2 rings (SSSR count). The second kappa shape index (κ2) is 3.38. The lowest BCUT2D eigenvalue weighted by Gasteiger charge is -2.04. The lowest BCUT2D eigenvalue weighted by atomic mass is 10.3. The molecule has 0 atom stereocenters. The van der Waals surface area contributed by atoms with Gasteiger partial charge in [-0.15, -0.1) is 0 Å². The van der Waals surface area contributed by atoms with E-state index in [1.54, 1.807) is 0 Å². The summed E-state index contributed by atoms with van der Waals surface area (Å²) in [6, 6.07) is 2.06. The van der Waals surface area contributed by atoms with E-state index in [2.05, 4.69) is 16.0 Å². The summed E-state index contributed by atoms with van der Waals surface area (Å²) in [5.74, 6) is 0. The van der Waals surface area contributed by atoms with Crippen LogP contribution in [-0.4, -0.2) is 14.5 Å². The van der Waals surface area contributed by atoms with Crippen molar-refractivity contribution in [2.45, 2.75) is 13.8 Å². The molecule has 0 aliphatic heterocycles. The summed E-state index contributed by atoms with van der Waals surface area (Å²) < 4.78 is 2.67. The van der Waals surface area contributed by atoms with Crippen LogP contribution in [0, 0.1) is 18.6 Å². The van der Waals surface area contributed by atoms with Gasteiger partial charge in [0, 0.05) is 18.1 Å². The molecule has 72 valence electrons. The fourth-order valence-corrected chi connectivity index (χ4v) is 1.75. The Bertz CT molecular complexity index is 510. The molecule has 0 aliphatic rings. The molecule has 4 heteroatoms. The van der Waals surface area contributed by atoms with Gasteiger partial charge in [-0.2, -0.15) is 0 Å². The topological polar surface area (TPSA) is 33.6 Å². The first-order chi connectivity index (χ1) is 6.68. The van der Waals surface area contributed by atoms with Gasteiger partial charge in [0.2, 0.25) is 0 Å². The molecule has 0 saturated heterocycles. The van der Waals surface area contributed by atoms with Gasteiger partial charge in [0.15, 0.2) is 4.77 Å². The summed E-state index contributed by atoms with van der Waals surface area (Å²) in [7, 11) is 0. The summed E-state index contributed by atoms with van der Waals surface area (Å²) in [6.45, 7) is 4.02. The smallest absolute Gasteiger partial charge is 0.182 e. The third kappa shape index (κ3) is 1.48. The van der Waals surface area contributed by atoms with Crippen molar-refractivity contribution >= 4 is 12.2 Å². The Morgan fingerprint density at radius 3 is 2.71 bits per heavy atom. The molecule has 0 bridgehead atoms. The molecule has 2 aromatic rings. The van der Waals surface area contributed by atoms with Crippen molar-refractivity contribution in [3.05, 3.63) is 40.7 Å². The van der Waals surface area contributed by atoms with E-state index in [1.807, 2.05) is 37.0 Å². The Kier molecular flexibility index (Phi) is 2.21. The molecule has 0 saturated carbocycles. The summed E-state index contributed by atoms with van der Waals surface area (Å²) in [4.78, 5) is 7.15. The first kappa shape index (κ1) is 9.15. The lowest BCUT2D eigenvalue weighted by Crippen LogP contribution is -1.97. The summed E-state index contributed by atoms with van der Waals surface area (Å²) in [5.41, 5.74) is 3.22. The van der Waals surface area contributed by atoms with Crippen LogP contribution in [0.2, 0.25) is 0 Å². The van der Waals surface area contributed by atoms with Crippen molar-refractivity contribution in [3.8, 4) is 5.69 Å². The number of pyridine rings is 1. The van der Waals surface area contributed by atoms with Gasteiger partial charge < -0.3 is 4.98 Å². The maximum absolute atomic E-state index is 5.18. The van der Waals surface area contributed by atoms with E-state index < -0.39 is 0 Å². The summed E-state index contributed by atoms with van der Waals surface area (Å²) >= 11 is 5.18. The molecule has 0 radical (unpaired) electrons. The molecule has 0 aliphatic carbocycles. The number of hydrogen-bond acceptors (Lipinski definition) is 2. The summed E-state index contributed by atoms with van der Waals surface area (Å²) in [5, 5.41) is 0. The minimum atomic E-state index is 0.704. The van der Waals surface area contributed by atoms with Gasteiger partial charge in [0.25, 0.3) is 0 Å². The predicted molar refractivity (Wildman–Crippen MR) is 58.2 cm³/mol. The van der Waals surface area contributed by atoms with Gasteiger partial charge in [0.1, 0.15) is 0 Å². The monoisotopic (exact) mass is 205 g/mol. The van der Waals surface area contributed by atoms with Gasteiger partial charge in [-0.3, -0.25) is 9.55 Å². The van der Waals surface area contributed by atoms with E-state index in [0.29, 0.717) is 4.77 Å². The number of imidazole rings is 1. The average molecular weight is 205 g/mol. The van der Waals surface area contributed by atoms with E-state index in [-0.39, 0.29) is 0 Å². The van der Waals surface area contributed by atoms with Crippen LogP contribution in [0.4, 0.5) is 0 Å². The minimum absolute atomic E-state index is 0.704. The predicted octanol–water partition coefficient (Wildman–Crippen LogP) is 2.55. The van der Waals surface area contributed by atoms with E-state index in [1.165, 1.54) is 0 Å². The van der Waals surface area contributed by atoms with Gasteiger partial charge >= 0.3 is 0 Å². The number of nitrogens with zero attached hydrogens (tertiary/aromatic N) is 2. The molecular formula is C10H11N3S. The Labute approximate surface area is 87.4 Å². The molecule has 1 N–H and O–H groups in total. The van der Waals surface area contributed by atoms with Crippen LogP contribution in [0.1, 0.15) is 11.3 Å². The van der Waals surface area contributed by atoms with E-state index in [4.69, 9.17) is 12.2 Å². The second-order valence-corrected chi connectivity index (χ2v) is 3.68. The van der Waals surface area contributed by atoms with Gasteiger partial charge in [-0.25, -0.2) is 0 Å². The molecule has 2 heterocycles. The minimum Gasteiger partial charge on any atom is -0.337 e. The highest BCUT2D eigenvalue weighted by Gasteiger charge is 2.02. The van der Waals surface area contributed by atoms with Crippen molar-refractivity contribution < 1.29 is 0 Å². The van der Waals surface area contributed by atoms with Gasteiger partial charge in [-0.1, -0.05) is 0 Å². The normalized spacial score (nSPS) is 10.4. The molecule has 0 unspecified atom stereocenters. The van der Waals surface area contributed by atoms with Crippen molar-refractivity contribution in [2.24, 2.45) is 0 Å². The fourth-order valence-electron chi connectivity index (χ4n) is 1.44. The number of hydrogen-bond donors (Lipinski definition) is 1. The number of rotatable bonds is 1. The van der Waals surface area contributed by atoms with Crippen LogP contribution in [-0.2, 0) is 0 Å². The highest BCUT2D eigenvalue weighted by atomic mass is 32.1. The van der Waals surface area contributed by atoms with Crippen LogP contribution >= 0.6 is 12.2 Å². The number of aryl methyl sites for hydroxylation is 2. The first-order valence-electron chi connectivity index (χ1n) is 4.37. The lowest BCUT2D eigenvalue weighted by molar-refractivity contribution is 0.969. The number of H-pyrrole nitrogens is 1. The first-order valence-corrected chi connectivity index (χ1v) is 4.78. The van der Waals surface area contributed by atoms with E-state index in [0.717, 1.165) is 16.9 Å². The number of nitrogens with one attached hydrogen (secondary N) is 1. The molecular weight excluding hydrogens is 194 g/mol. The van der Waals surface area contributed by atoms with Crippen molar-refractivity contribution in [3.63, 3.8) is 0 Å². The molecule has 3 nitrogen and oxygen atoms in total. The van der Waals surface area contributed by atoms with Crippen LogP contribution < -0.4 is 0 Å². The van der Waals surface area contributed by atoms with Gasteiger partial charge in [0.05, 0.1) is 11.9 Å².